The van der Waals surface area contributed by atoms with Gasteiger partial charge in [0, 0.05) is 23.7 Å². The maximum atomic E-state index is 12.8. The number of imidazole rings is 1. The van der Waals surface area contributed by atoms with Gasteiger partial charge in [0.25, 0.3) is 0 Å². The molecule has 0 N–H and O–H groups in total. The molecule has 0 aliphatic heterocycles. The molecule has 2 aromatic heterocycles. The minimum atomic E-state index is 0.142. The topological polar surface area (TPSA) is 34.4 Å². The summed E-state index contributed by atoms with van der Waals surface area (Å²) in [5, 5.41) is 0.630. The van der Waals surface area contributed by atoms with Crippen molar-refractivity contribution in [1.29, 1.82) is 0 Å². The van der Waals surface area contributed by atoms with Gasteiger partial charge in [-0.25, -0.2) is 4.98 Å². The molecule has 1 unspecified atom stereocenters. The van der Waals surface area contributed by atoms with Crippen LogP contribution in [0.1, 0.15) is 34.1 Å². The number of fused-ring (bicyclic) bond motifs is 3. The van der Waals surface area contributed by atoms with E-state index in [1.807, 2.05) is 28.8 Å². The van der Waals surface area contributed by atoms with Gasteiger partial charge in [-0.1, -0.05) is 66.2 Å². The van der Waals surface area contributed by atoms with Gasteiger partial charge in [-0.3, -0.25) is 9.20 Å². The lowest BCUT2D eigenvalue weighted by atomic mass is 9.83. The van der Waals surface area contributed by atoms with Crippen LogP contribution in [-0.2, 0) is 6.42 Å². The van der Waals surface area contributed by atoms with Gasteiger partial charge < -0.3 is 0 Å². The Morgan fingerprint density at radius 1 is 0.926 bits per heavy atom. The number of carbonyl (C=O) groups excluding carboxylic acids is 1. The molecule has 0 saturated carbocycles. The summed E-state index contributed by atoms with van der Waals surface area (Å²) < 4.78 is 1.86. The maximum absolute atomic E-state index is 12.8. The highest BCUT2D eigenvalue weighted by molar-refractivity contribution is 6.30. The van der Waals surface area contributed by atoms with Crippen molar-refractivity contribution in [1.82, 2.24) is 9.38 Å². The fourth-order valence-electron chi connectivity index (χ4n) is 3.95. The molecule has 0 fully saturated rings. The second kappa shape index (κ2) is 6.36. The molecule has 0 spiro atoms. The molecule has 2 aromatic carbocycles. The Morgan fingerprint density at radius 2 is 1.67 bits per heavy atom. The first kappa shape index (κ1) is 16.3. The van der Waals surface area contributed by atoms with E-state index in [1.165, 1.54) is 16.7 Å². The Kier molecular flexibility index (Phi) is 3.83. The van der Waals surface area contributed by atoms with E-state index in [0.29, 0.717) is 17.1 Å². The number of Topliss-reactive ketones (excluding diaryl/α,β-unsaturated/α-hetero) is 1. The van der Waals surface area contributed by atoms with Gasteiger partial charge in [0.2, 0.25) is 0 Å². The second-order valence-electron chi connectivity index (χ2n) is 7.00. The van der Waals surface area contributed by atoms with E-state index in [4.69, 9.17) is 11.6 Å². The van der Waals surface area contributed by atoms with Crippen LogP contribution < -0.4 is 0 Å². The molecule has 1 aliphatic carbocycles. The number of hydrogen-bond acceptors (Lipinski definition) is 2. The molecule has 1 atom stereocenters. The molecule has 0 saturated heterocycles. The van der Waals surface area contributed by atoms with Crippen LogP contribution in [-0.4, -0.2) is 15.2 Å². The third-order valence-corrected chi connectivity index (χ3v) is 5.52. The molecular formula is C23H17ClN2O. The highest BCUT2D eigenvalue weighted by atomic mass is 35.5. The number of rotatable bonds is 2. The molecule has 0 radical (unpaired) electrons. The van der Waals surface area contributed by atoms with Crippen molar-refractivity contribution in [3.63, 3.8) is 0 Å². The molecule has 5 rings (SSSR count). The van der Waals surface area contributed by atoms with E-state index >= 15 is 0 Å². The lowest BCUT2D eigenvalue weighted by Crippen LogP contribution is -2.19. The smallest absolute Gasteiger partial charge is 0.182 e. The summed E-state index contributed by atoms with van der Waals surface area (Å²) >= 11 is 6.07. The van der Waals surface area contributed by atoms with Gasteiger partial charge in [-0.15, -0.1) is 0 Å². The summed E-state index contributed by atoms with van der Waals surface area (Å²) in [5.74, 6) is 0.304. The zero-order valence-electron chi connectivity index (χ0n) is 14.6. The van der Waals surface area contributed by atoms with E-state index in [0.717, 1.165) is 17.8 Å². The third-order valence-electron chi connectivity index (χ3n) is 5.29. The minimum absolute atomic E-state index is 0.142. The lowest BCUT2D eigenvalue weighted by Gasteiger charge is -2.21. The highest BCUT2D eigenvalue weighted by Crippen LogP contribution is 2.34. The van der Waals surface area contributed by atoms with E-state index in [1.54, 1.807) is 12.1 Å². The Bertz CT molecular complexity index is 1150. The van der Waals surface area contributed by atoms with Crippen LogP contribution in [0.15, 0.2) is 72.9 Å². The summed E-state index contributed by atoms with van der Waals surface area (Å²) in [6, 6.07) is 22.4. The average molecular weight is 373 g/mol. The van der Waals surface area contributed by atoms with Crippen LogP contribution in [0.2, 0.25) is 5.02 Å². The summed E-state index contributed by atoms with van der Waals surface area (Å²) in [7, 11) is 0. The number of halogens is 1. The summed E-state index contributed by atoms with van der Waals surface area (Å²) in [5.41, 5.74) is 5.88. The van der Waals surface area contributed by atoms with Crippen LogP contribution in [0.3, 0.4) is 0 Å². The fraction of sp³-hybridized carbons (Fsp3) is 0.130. The molecule has 4 aromatic rings. The van der Waals surface area contributed by atoms with Gasteiger partial charge in [-0.2, -0.15) is 0 Å². The number of ketones is 1. The van der Waals surface area contributed by atoms with E-state index in [9.17, 15) is 4.79 Å². The predicted molar refractivity (Wildman–Crippen MR) is 107 cm³/mol. The number of nitrogens with zero attached hydrogens (tertiary/aromatic N) is 2. The molecule has 27 heavy (non-hydrogen) atoms. The van der Waals surface area contributed by atoms with Crippen LogP contribution in [0.4, 0.5) is 0 Å². The normalized spacial score (nSPS) is 16.5. The van der Waals surface area contributed by atoms with Crippen molar-refractivity contribution in [2.24, 2.45) is 0 Å². The average Bonchev–Trinajstić information content (AvgIpc) is 3.06. The molecule has 132 valence electrons. The largest absolute Gasteiger partial charge is 0.297 e. The lowest BCUT2D eigenvalue weighted by molar-refractivity contribution is 0.0958. The first-order valence-electron chi connectivity index (χ1n) is 9.04. The number of carbonyl (C=O) groups is 1. The Balaban J connectivity index is 1.47. The van der Waals surface area contributed by atoms with Crippen molar-refractivity contribution in [3.8, 4) is 11.1 Å². The Labute approximate surface area is 162 Å². The summed E-state index contributed by atoms with van der Waals surface area (Å²) in [4.78, 5) is 17.5. The first-order valence-corrected chi connectivity index (χ1v) is 9.42. The fourth-order valence-corrected chi connectivity index (χ4v) is 4.10. The standard InChI is InChI=1S/C23H17ClN2O/c24-19-10-11-26-22(14-19)25-20-12-18(13-21(27)23(20)26)17-8-6-16(7-9-17)15-4-2-1-3-5-15/h1-11,14,18H,12-13H2. The van der Waals surface area contributed by atoms with Crippen molar-refractivity contribution in [2.75, 3.05) is 0 Å². The zero-order valence-corrected chi connectivity index (χ0v) is 15.4. The van der Waals surface area contributed by atoms with Gasteiger partial charge in [0.15, 0.2) is 5.78 Å². The van der Waals surface area contributed by atoms with Gasteiger partial charge in [-0.05, 0) is 35.1 Å². The summed E-state index contributed by atoms with van der Waals surface area (Å²) in [6.07, 6.45) is 3.11. The van der Waals surface area contributed by atoms with Crippen molar-refractivity contribution >= 4 is 23.0 Å². The quantitative estimate of drug-likeness (QED) is 0.461. The van der Waals surface area contributed by atoms with E-state index in [2.05, 4.69) is 41.4 Å². The van der Waals surface area contributed by atoms with Gasteiger partial charge in [0.05, 0.1) is 5.69 Å². The molecule has 0 amide bonds. The number of pyridine rings is 1. The molecule has 3 nitrogen and oxygen atoms in total. The molecule has 2 heterocycles. The highest BCUT2D eigenvalue weighted by Gasteiger charge is 2.30. The molecule has 1 aliphatic rings. The number of benzene rings is 2. The first-order chi connectivity index (χ1) is 13.2. The monoisotopic (exact) mass is 372 g/mol. The molecule has 4 heteroatoms. The zero-order chi connectivity index (χ0) is 18.4. The van der Waals surface area contributed by atoms with Gasteiger partial charge >= 0.3 is 0 Å². The predicted octanol–water partition coefficient (Wildman–Crippen LogP) is 5.57. The number of aromatic nitrogens is 2. The summed E-state index contributed by atoms with van der Waals surface area (Å²) in [6.45, 7) is 0. The van der Waals surface area contributed by atoms with Crippen molar-refractivity contribution in [3.05, 3.63) is 94.9 Å². The minimum Gasteiger partial charge on any atom is -0.297 e. The SMILES string of the molecule is O=C1CC(c2ccc(-c3ccccc3)cc2)Cc2nc3cc(Cl)ccn3c21. The van der Waals surface area contributed by atoms with Crippen LogP contribution in [0.25, 0.3) is 16.8 Å². The molecule has 0 bridgehead atoms. The molecular weight excluding hydrogens is 356 g/mol. The maximum Gasteiger partial charge on any atom is 0.182 e. The van der Waals surface area contributed by atoms with E-state index < -0.39 is 0 Å². The number of hydrogen-bond donors (Lipinski definition) is 0. The third kappa shape index (κ3) is 2.84. The van der Waals surface area contributed by atoms with Crippen LogP contribution in [0.5, 0.6) is 0 Å². The van der Waals surface area contributed by atoms with Crippen molar-refractivity contribution in [2.45, 2.75) is 18.8 Å². The van der Waals surface area contributed by atoms with Gasteiger partial charge in [0.1, 0.15) is 11.3 Å². The Morgan fingerprint density at radius 3 is 2.44 bits per heavy atom. The van der Waals surface area contributed by atoms with E-state index in [-0.39, 0.29) is 11.7 Å². The van der Waals surface area contributed by atoms with Crippen molar-refractivity contribution < 1.29 is 4.79 Å². The Hall–Kier alpha value is -2.91. The van der Waals surface area contributed by atoms with Crippen LogP contribution >= 0.6 is 11.6 Å². The van der Waals surface area contributed by atoms with Crippen LogP contribution in [0, 0.1) is 0 Å². The second-order valence-corrected chi connectivity index (χ2v) is 7.43.